The first-order chi connectivity index (χ1) is 12.6. The van der Waals surface area contributed by atoms with Gasteiger partial charge in [0.15, 0.2) is 5.69 Å². The van der Waals surface area contributed by atoms with E-state index in [2.05, 4.69) is 4.85 Å². The van der Waals surface area contributed by atoms with Gasteiger partial charge in [-0.15, -0.1) is 0 Å². The van der Waals surface area contributed by atoms with Crippen molar-refractivity contribution in [1.29, 1.82) is 0 Å². The maximum atomic E-state index is 13.9. The van der Waals surface area contributed by atoms with Crippen LogP contribution in [0.25, 0.3) is 10.5 Å². The van der Waals surface area contributed by atoms with Crippen LogP contribution in [0.15, 0.2) is 29.3 Å². The Morgan fingerprint density at radius 1 is 1.30 bits per heavy atom. The predicted octanol–water partition coefficient (Wildman–Crippen LogP) is 5.90. The molecular weight excluding hydrogens is 394 g/mol. The normalized spacial score (nSPS) is 19.8. The van der Waals surface area contributed by atoms with Crippen LogP contribution in [0.3, 0.4) is 0 Å². The summed E-state index contributed by atoms with van der Waals surface area (Å²) in [5.74, 6) is 0. The summed E-state index contributed by atoms with van der Waals surface area (Å²) in [4.78, 5) is 2.63. The topological polar surface area (TPSA) is 29.5 Å². The summed E-state index contributed by atoms with van der Waals surface area (Å²) in [6.07, 6.45) is -5.37. The number of fused-ring (bicyclic) bond motifs is 1. The SMILES string of the molecule is [C-]#[N+]c1ccc(-n2cc(SC(F)(F)F)c3c2CCC(F)C3O)cc1C(F)F. The Kier molecular flexibility index (Phi) is 5.18. The van der Waals surface area contributed by atoms with E-state index in [-0.39, 0.29) is 40.4 Å². The molecule has 2 aromatic rings. The van der Waals surface area contributed by atoms with E-state index in [1.54, 1.807) is 0 Å². The summed E-state index contributed by atoms with van der Waals surface area (Å²) in [6.45, 7) is 6.94. The van der Waals surface area contributed by atoms with E-state index in [1.165, 1.54) is 10.6 Å². The summed E-state index contributed by atoms with van der Waals surface area (Å²) in [7, 11) is 0. The van der Waals surface area contributed by atoms with Gasteiger partial charge in [-0.25, -0.2) is 18.0 Å². The van der Waals surface area contributed by atoms with Gasteiger partial charge in [0.1, 0.15) is 12.3 Å². The first kappa shape index (κ1) is 19.6. The molecule has 1 aliphatic carbocycles. The fourth-order valence-corrected chi connectivity index (χ4v) is 3.88. The van der Waals surface area contributed by atoms with Crippen molar-refractivity contribution in [2.45, 2.75) is 41.9 Å². The number of nitrogens with zero attached hydrogens (tertiary/aromatic N) is 2. The Morgan fingerprint density at radius 2 is 2.00 bits per heavy atom. The molecule has 0 saturated heterocycles. The quantitative estimate of drug-likeness (QED) is 0.391. The molecule has 1 heterocycles. The van der Waals surface area contributed by atoms with Gasteiger partial charge in [0.25, 0.3) is 6.43 Å². The predicted molar refractivity (Wildman–Crippen MR) is 87.1 cm³/mol. The number of hydrogen-bond acceptors (Lipinski definition) is 2. The lowest BCUT2D eigenvalue weighted by Gasteiger charge is -2.24. The smallest absolute Gasteiger partial charge is 0.385 e. The van der Waals surface area contributed by atoms with Crippen LogP contribution in [0.1, 0.15) is 35.8 Å². The Hall–Kier alpha value is -2.12. The molecule has 0 aliphatic heterocycles. The highest BCUT2D eigenvalue weighted by Crippen LogP contribution is 2.46. The monoisotopic (exact) mass is 406 g/mol. The van der Waals surface area contributed by atoms with Gasteiger partial charge in [-0.3, -0.25) is 0 Å². The zero-order valence-corrected chi connectivity index (χ0v) is 14.3. The van der Waals surface area contributed by atoms with Crippen LogP contribution in [0.4, 0.5) is 32.0 Å². The van der Waals surface area contributed by atoms with Crippen LogP contribution in [-0.4, -0.2) is 21.4 Å². The second kappa shape index (κ2) is 7.13. The van der Waals surface area contributed by atoms with Crippen molar-refractivity contribution in [2.24, 2.45) is 0 Å². The van der Waals surface area contributed by atoms with Crippen molar-refractivity contribution < 1.29 is 31.4 Å². The number of halogens is 6. The molecule has 2 unspecified atom stereocenters. The van der Waals surface area contributed by atoms with Crippen LogP contribution >= 0.6 is 11.8 Å². The van der Waals surface area contributed by atoms with E-state index in [1.807, 2.05) is 0 Å². The van der Waals surface area contributed by atoms with Crippen LogP contribution in [0.2, 0.25) is 0 Å². The lowest BCUT2D eigenvalue weighted by Crippen LogP contribution is -2.22. The fraction of sp³-hybridized carbons (Fsp3) is 0.353. The number of thioether (sulfide) groups is 1. The molecular formula is C17H12F6N2OS. The number of hydrogen-bond donors (Lipinski definition) is 1. The minimum absolute atomic E-state index is 0.0422. The van der Waals surface area contributed by atoms with Crippen molar-refractivity contribution in [1.82, 2.24) is 4.57 Å². The number of alkyl halides is 6. The molecule has 3 nitrogen and oxygen atoms in total. The van der Waals surface area contributed by atoms with E-state index < -0.39 is 41.5 Å². The van der Waals surface area contributed by atoms with Crippen LogP contribution < -0.4 is 0 Å². The maximum Gasteiger partial charge on any atom is 0.446 e. The van der Waals surface area contributed by atoms with Gasteiger partial charge >= 0.3 is 5.51 Å². The molecule has 10 heteroatoms. The van der Waals surface area contributed by atoms with E-state index in [9.17, 15) is 31.4 Å². The summed E-state index contributed by atoms with van der Waals surface area (Å²) < 4.78 is 80.1. The maximum absolute atomic E-state index is 13.9. The summed E-state index contributed by atoms with van der Waals surface area (Å²) in [6, 6.07) is 3.51. The molecule has 1 aliphatic rings. The van der Waals surface area contributed by atoms with Crippen LogP contribution in [0, 0.1) is 6.57 Å². The van der Waals surface area contributed by atoms with Gasteiger partial charge in [-0.2, -0.15) is 13.2 Å². The summed E-state index contributed by atoms with van der Waals surface area (Å²) >= 11 is -0.489. The lowest BCUT2D eigenvalue weighted by atomic mass is 9.93. The van der Waals surface area contributed by atoms with Crippen molar-refractivity contribution in [3.05, 3.63) is 52.6 Å². The van der Waals surface area contributed by atoms with Crippen molar-refractivity contribution in [3.8, 4) is 5.69 Å². The van der Waals surface area contributed by atoms with E-state index in [0.29, 0.717) is 0 Å². The zero-order chi connectivity index (χ0) is 19.9. The third-order valence-electron chi connectivity index (χ3n) is 4.28. The highest BCUT2D eigenvalue weighted by Gasteiger charge is 2.38. The molecule has 1 aromatic heterocycles. The van der Waals surface area contributed by atoms with Crippen molar-refractivity contribution in [3.63, 3.8) is 0 Å². The zero-order valence-electron chi connectivity index (χ0n) is 13.5. The van der Waals surface area contributed by atoms with Crippen molar-refractivity contribution >= 4 is 17.4 Å². The molecule has 0 saturated carbocycles. The summed E-state index contributed by atoms with van der Waals surface area (Å²) in [5, 5.41) is 10.1. The van der Waals surface area contributed by atoms with E-state index in [0.717, 1.165) is 18.3 Å². The van der Waals surface area contributed by atoms with Crippen LogP contribution in [0.5, 0.6) is 0 Å². The third kappa shape index (κ3) is 3.80. The molecule has 0 amide bonds. The Bertz CT molecular complexity index is 902. The van der Waals surface area contributed by atoms with Gasteiger partial charge in [-0.1, -0.05) is 6.07 Å². The molecule has 144 valence electrons. The number of benzene rings is 1. The number of aliphatic hydroxyl groups excluding tert-OH is 1. The van der Waals surface area contributed by atoms with E-state index in [4.69, 9.17) is 6.57 Å². The standard InChI is InChI=1S/C17H12F6N2OS/c1-24-11-4-2-8(6-9(11)16(19)20)25-7-13(27-17(21,22)23)14-12(25)5-3-10(18)15(14)26/h2,4,6-7,10,15-16,26H,3,5H2. The average molecular weight is 406 g/mol. The highest BCUT2D eigenvalue weighted by atomic mass is 32.2. The first-order valence-corrected chi connectivity index (χ1v) is 8.56. The average Bonchev–Trinajstić information content (AvgIpc) is 2.94. The molecule has 0 radical (unpaired) electrons. The first-order valence-electron chi connectivity index (χ1n) is 7.74. The molecule has 27 heavy (non-hydrogen) atoms. The molecule has 3 rings (SSSR count). The van der Waals surface area contributed by atoms with Gasteiger partial charge in [-0.05, 0) is 36.7 Å². The number of aliphatic hydroxyl groups is 1. The number of aromatic nitrogens is 1. The second-order valence-electron chi connectivity index (χ2n) is 5.93. The minimum atomic E-state index is -4.66. The molecule has 2 atom stereocenters. The van der Waals surface area contributed by atoms with Gasteiger partial charge in [0, 0.05) is 33.6 Å². The Labute approximate surface area is 154 Å². The molecule has 0 spiro atoms. The Morgan fingerprint density at radius 3 is 2.59 bits per heavy atom. The summed E-state index contributed by atoms with van der Waals surface area (Å²) in [5.41, 5.74) is -5.29. The fourth-order valence-electron chi connectivity index (χ4n) is 3.13. The van der Waals surface area contributed by atoms with Crippen LogP contribution in [-0.2, 0) is 6.42 Å². The number of rotatable bonds is 3. The van der Waals surface area contributed by atoms with Gasteiger partial charge in [0.05, 0.1) is 6.57 Å². The Balaban J connectivity index is 2.17. The molecule has 0 bridgehead atoms. The third-order valence-corrected chi connectivity index (χ3v) is 5.06. The van der Waals surface area contributed by atoms with Gasteiger partial charge in [0.2, 0.25) is 0 Å². The van der Waals surface area contributed by atoms with Crippen molar-refractivity contribution in [2.75, 3.05) is 0 Å². The molecule has 1 aromatic carbocycles. The minimum Gasteiger partial charge on any atom is -0.385 e. The van der Waals surface area contributed by atoms with Gasteiger partial charge < -0.3 is 9.67 Å². The lowest BCUT2D eigenvalue weighted by molar-refractivity contribution is -0.0329. The molecule has 0 fully saturated rings. The van der Waals surface area contributed by atoms with E-state index >= 15 is 0 Å². The molecule has 1 N–H and O–H groups in total. The highest BCUT2D eigenvalue weighted by molar-refractivity contribution is 8.00. The second-order valence-corrected chi connectivity index (χ2v) is 7.03. The largest absolute Gasteiger partial charge is 0.446 e.